The van der Waals surface area contributed by atoms with Crippen LogP contribution < -0.4 is 0 Å². The van der Waals surface area contributed by atoms with Crippen LogP contribution in [0.2, 0.25) is 0 Å². The van der Waals surface area contributed by atoms with Gasteiger partial charge in [-0.2, -0.15) is 0 Å². The zero-order valence-corrected chi connectivity index (χ0v) is 9.05. The van der Waals surface area contributed by atoms with E-state index >= 15 is 0 Å². The molecule has 4 nitrogen and oxygen atoms in total. The van der Waals surface area contributed by atoms with Crippen molar-refractivity contribution in [3.05, 3.63) is 24.3 Å². The Morgan fingerprint density at radius 3 is 2.53 bits per heavy atom. The summed E-state index contributed by atoms with van der Waals surface area (Å²) in [5.41, 5.74) is -0.238. The summed E-state index contributed by atoms with van der Waals surface area (Å²) in [6.07, 6.45) is 6.12. The number of hydrogen-bond acceptors (Lipinski definition) is 4. The van der Waals surface area contributed by atoms with Crippen molar-refractivity contribution in [2.75, 3.05) is 0 Å². The van der Waals surface area contributed by atoms with E-state index in [1.165, 1.54) is 0 Å². The highest BCUT2D eigenvalue weighted by atomic mass is 16.5. The molecular weight excluding hydrogens is 192 g/mol. The molecule has 0 aromatic carbocycles. The van der Waals surface area contributed by atoms with Crippen molar-refractivity contribution in [2.45, 2.75) is 44.5 Å². The van der Waals surface area contributed by atoms with Crippen molar-refractivity contribution in [2.24, 2.45) is 0 Å². The molecule has 2 unspecified atom stereocenters. The van der Waals surface area contributed by atoms with E-state index < -0.39 is 5.60 Å². The van der Waals surface area contributed by atoms with Gasteiger partial charge < -0.3 is 9.84 Å². The maximum atomic E-state index is 10.5. The molecule has 0 radical (unpaired) electrons. The quantitative estimate of drug-likeness (QED) is 0.754. The molecule has 2 heterocycles. The van der Waals surface area contributed by atoms with E-state index in [0.29, 0.717) is 18.5 Å². The molecule has 2 atom stereocenters. The van der Waals surface area contributed by atoms with Gasteiger partial charge in [-0.25, -0.2) is 0 Å². The summed E-state index contributed by atoms with van der Waals surface area (Å²) in [7, 11) is 0. The van der Waals surface area contributed by atoms with Gasteiger partial charge in [-0.05, 0) is 13.8 Å². The average molecular weight is 208 g/mol. The standard InChI is InChI=1S/C11H16N2O2/c1-8-5-11(14,6-9(2)15-8)10-7-12-3-4-13-10/h3-4,7-9,14H,5-6H2,1-2H3. The number of hydrogen-bond donors (Lipinski definition) is 1. The van der Waals surface area contributed by atoms with Crippen molar-refractivity contribution < 1.29 is 9.84 Å². The lowest BCUT2D eigenvalue weighted by Crippen LogP contribution is -2.41. The minimum Gasteiger partial charge on any atom is -0.383 e. The van der Waals surface area contributed by atoms with E-state index in [-0.39, 0.29) is 12.2 Å². The predicted molar refractivity (Wildman–Crippen MR) is 55.2 cm³/mol. The summed E-state index contributed by atoms with van der Waals surface area (Å²) in [6.45, 7) is 3.94. The van der Waals surface area contributed by atoms with Crippen molar-refractivity contribution >= 4 is 0 Å². The first-order valence-electron chi connectivity index (χ1n) is 5.24. The van der Waals surface area contributed by atoms with E-state index in [1.807, 2.05) is 13.8 Å². The second-order valence-corrected chi connectivity index (χ2v) is 4.29. The second kappa shape index (κ2) is 3.87. The van der Waals surface area contributed by atoms with Crippen molar-refractivity contribution in [3.8, 4) is 0 Å². The van der Waals surface area contributed by atoms with Gasteiger partial charge in [0.05, 0.1) is 24.1 Å². The van der Waals surface area contributed by atoms with Gasteiger partial charge in [0, 0.05) is 25.2 Å². The molecule has 1 aliphatic rings. The third-order valence-corrected chi connectivity index (χ3v) is 2.75. The predicted octanol–water partition coefficient (Wildman–Crippen LogP) is 1.25. The van der Waals surface area contributed by atoms with Crippen LogP contribution in [0.4, 0.5) is 0 Å². The lowest BCUT2D eigenvalue weighted by atomic mass is 9.85. The summed E-state index contributed by atoms with van der Waals surface area (Å²) in [5.74, 6) is 0. The molecule has 0 spiro atoms. The largest absolute Gasteiger partial charge is 0.383 e. The monoisotopic (exact) mass is 208 g/mol. The Kier molecular flexibility index (Phi) is 2.71. The Morgan fingerprint density at radius 1 is 1.33 bits per heavy atom. The molecule has 1 N–H and O–H groups in total. The third kappa shape index (κ3) is 2.16. The summed E-state index contributed by atoms with van der Waals surface area (Å²) >= 11 is 0. The van der Waals surface area contributed by atoms with Crippen LogP contribution in [0.1, 0.15) is 32.4 Å². The van der Waals surface area contributed by atoms with Crippen molar-refractivity contribution in [1.29, 1.82) is 0 Å². The van der Waals surface area contributed by atoms with E-state index in [2.05, 4.69) is 9.97 Å². The van der Waals surface area contributed by atoms with E-state index in [1.54, 1.807) is 18.6 Å². The number of aromatic nitrogens is 2. The SMILES string of the molecule is CC1CC(O)(c2cnccn2)CC(C)O1. The van der Waals surface area contributed by atoms with E-state index in [0.717, 1.165) is 0 Å². The van der Waals surface area contributed by atoms with Gasteiger partial charge in [0.1, 0.15) is 5.60 Å². The van der Waals surface area contributed by atoms with Crippen LogP contribution in [0.25, 0.3) is 0 Å². The normalized spacial score (nSPS) is 36.5. The Labute approximate surface area is 89.3 Å². The van der Waals surface area contributed by atoms with E-state index in [9.17, 15) is 5.11 Å². The topological polar surface area (TPSA) is 55.2 Å². The van der Waals surface area contributed by atoms with Gasteiger partial charge in [0.2, 0.25) is 0 Å². The smallest absolute Gasteiger partial charge is 0.113 e. The fourth-order valence-corrected chi connectivity index (χ4v) is 2.28. The van der Waals surface area contributed by atoms with Crippen molar-refractivity contribution in [1.82, 2.24) is 9.97 Å². The Morgan fingerprint density at radius 2 is 2.00 bits per heavy atom. The minimum absolute atomic E-state index is 0.0563. The molecule has 2 rings (SSSR count). The highest BCUT2D eigenvalue weighted by Crippen LogP contribution is 2.35. The minimum atomic E-state index is -0.884. The van der Waals surface area contributed by atoms with Gasteiger partial charge in [0.15, 0.2) is 0 Å². The molecule has 1 fully saturated rings. The van der Waals surface area contributed by atoms with Crippen LogP contribution in [0, 0.1) is 0 Å². The molecule has 0 amide bonds. The molecule has 0 aliphatic carbocycles. The lowest BCUT2D eigenvalue weighted by molar-refractivity contribution is -0.137. The molecule has 0 bridgehead atoms. The van der Waals surface area contributed by atoms with Crippen LogP contribution in [0.15, 0.2) is 18.6 Å². The third-order valence-electron chi connectivity index (χ3n) is 2.75. The molecule has 4 heteroatoms. The van der Waals surface area contributed by atoms with Crippen LogP contribution in [-0.2, 0) is 10.3 Å². The summed E-state index contributed by atoms with van der Waals surface area (Å²) < 4.78 is 5.59. The van der Waals surface area contributed by atoms with Gasteiger partial charge in [-0.15, -0.1) is 0 Å². The summed E-state index contributed by atoms with van der Waals surface area (Å²) in [4.78, 5) is 8.17. The Balaban J connectivity index is 2.26. The molecule has 1 saturated heterocycles. The summed E-state index contributed by atoms with van der Waals surface area (Å²) in [5, 5.41) is 10.5. The van der Waals surface area contributed by atoms with Crippen LogP contribution in [0.5, 0.6) is 0 Å². The molecule has 1 aliphatic heterocycles. The van der Waals surface area contributed by atoms with Gasteiger partial charge >= 0.3 is 0 Å². The second-order valence-electron chi connectivity index (χ2n) is 4.29. The first-order chi connectivity index (χ1) is 7.10. The Bertz CT molecular complexity index is 319. The summed E-state index contributed by atoms with van der Waals surface area (Å²) in [6, 6.07) is 0. The van der Waals surface area contributed by atoms with Crippen LogP contribution >= 0.6 is 0 Å². The molecule has 15 heavy (non-hydrogen) atoms. The fourth-order valence-electron chi connectivity index (χ4n) is 2.28. The van der Waals surface area contributed by atoms with Gasteiger partial charge in [0.25, 0.3) is 0 Å². The number of aliphatic hydroxyl groups is 1. The highest BCUT2D eigenvalue weighted by molar-refractivity contribution is 5.10. The van der Waals surface area contributed by atoms with Crippen molar-refractivity contribution in [3.63, 3.8) is 0 Å². The molecule has 82 valence electrons. The van der Waals surface area contributed by atoms with Gasteiger partial charge in [-0.3, -0.25) is 9.97 Å². The molecule has 1 aromatic rings. The zero-order chi connectivity index (χ0) is 10.9. The van der Waals surface area contributed by atoms with Gasteiger partial charge in [-0.1, -0.05) is 0 Å². The molecule has 0 saturated carbocycles. The maximum absolute atomic E-state index is 10.5. The highest BCUT2D eigenvalue weighted by Gasteiger charge is 2.39. The number of ether oxygens (including phenoxy) is 1. The fraction of sp³-hybridized carbons (Fsp3) is 0.636. The molecule has 1 aromatic heterocycles. The number of nitrogens with zero attached hydrogens (tertiary/aromatic N) is 2. The average Bonchev–Trinajstić information content (AvgIpc) is 2.17. The molecular formula is C11H16N2O2. The van der Waals surface area contributed by atoms with Crippen LogP contribution in [0.3, 0.4) is 0 Å². The first-order valence-corrected chi connectivity index (χ1v) is 5.24. The van der Waals surface area contributed by atoms with Crippen LogP contribution in [-0.4, -0.2) is 27.3 Å². The maximum Gasteiger partial charge on any atom is 0.113 e. The van der Waals surface area contributed by atoms with E-state index in [4.69, 9.17) is 4.74 Å². The zero-order valence-electron chi connectivity index (χ0n) is 9.05. The number of rotatable bonds is 1. The lowest BCUT2D eigenvalue weighted by Gasteiger charge is -2.38. The first kappa shape index (κ1) is 10.5. The Hall–Kier alpha value is -1.00.